The standard InChI is InChI=1S/2C46H32N2O2.C39H26N2O2/c1-29-9-6-13-33(25-29)35-19-23-38-39-24-20-36(34-14-7-10-30(2)26-34)28-43(39)48(42(38)27-35)41-16-8-15-40-44(41)46(50)47(45(40)49)37-21-17-32(18-22-37)31-11-4-3-5-12-31;1-29-9-6-13-33(25-29)35-19-23-41-39(27-35)40-28-36(34-14-7-10-30(2)26-34)20-24-42(40)48(41)43-16-8-15-38-44(43)46(50)47(45(38)49)37-21-17-32(18-22-37)31-11-4-3-5-12-31;1-25-9-7-12-28(23-25)29-19-22-35-33(24-29)31-13-5-6-15-34(31)41(35)36-16-8-14-32-37(36)39(43)40(38(32)42)30-20-17-27(18-21-30)26-10-3-2-4-11-26/h2*3-28H,1-2H3;2-24H,1H3. The van der Waals surface area contributed by atoms with Crippen LogP contribution in [0.5, 0.6) is 0 Å². The highest BCUT2D eigenvalue weighted by Gasteiger charge is 2.43. The van der Waals surface area contributed by atoms with Crippen LogP contribution >= 0.6 is 0 Å². The minimum Gasteiger partial charge on any atom is -0.308 e. The Hall–Kier alpha value is -18.8. The van der Waals surface area contributed by atoms with E-state index < -0.39 is 0 Å². The molecule has 12 nitrogen and oxygen atoms in total. The summed E-state index contributed by atoms with van der Waals surface area (Å²) in [5.41, 5.74) is 35.6. The van der Waals surface area contributed by atoms with E-state index in [0.717, 1.165) is 154 Å². The van der Waals surface area contributed by atoms with E-state index in [2.05, 4.69) is 273 Å². The molecule has 12 heteroatoms. The van der Waals surface area contributed by atoms with Crippen molar-refractivity contribution in [3.8, 4) is 106 Å². The van der Waals surface area contributed by atoms with Gasteiger partial charge in [-0.2, -0.15) is 0 Å². The van der Waals surface area contributed by atoms with E-state index in [0.29, 0.717) is 67.5 Å². The highest BCUT2D eigenvalue weighted by atomic mass is 16.2. The first kappa shape index (κ1) is 87.0. The van der Waals surface area contributed by atoms with E-state index in [1.807, 2.05) is 212 Å². The fourth-order valence-corrected chi connectivity index (χ4v) is 21.2. The molecule has 3 aliphatic rings. The Kier molecular flexibility index (Phi) is 21.7. The van der Waals surface area contributed by atoms with Gasteiger partial charge in [-0.05, 0) is 251 Å². The molecule has 6 heterocycles. The van der Waals surface area contributed by atoms with Crippen LogP contribution < -0.4 is 14.7 Å². The van der Waals surface area contributed by atoms with E-state index in [9.17, 15) is 28.8 Å². The first-order chi connectivity index (χ1) is 70.0. The van der Waals surface area contributed by atoms with Crippen molar-refractivity contribution in [3.05, 3.63) is 516 Å². The SMILES string of the molecule is Cc1cccc(-c2ccc3c(c2)c2cc(-c4cccc(C)c4)ccc2n3-c2cccc3c2C(=O)N(c2ccc(-c4ccccc4)cc2)C3=O)c1.Cc1cccc(-c2ccc3c(c2)c2ccccc2n3-c2cccc3c2C(=O)N(c2ccc(-c4ccccc4)cc2)C3=O)c1.Cc1cccc(-c2ccc3c4ccc(-c5cccc(C)c5)cc4n(-c4cccc5c4C(=O)N(c4ccc(-c6ccccc6)cc4)C5=O)c3c2)c1. The molecule has 0 aliphatic carbocycles. The Morgan fingerprint density at radius 3 is 0.664 bits per heavy atom. The number of nitrogens with zero attached hydrogens (tertiary/aromatic N) is 6. The van der Waals surface area contributed by atoms with Crippen LogP contribution in [0.15, 0.2) is 455 Å². The molecule has 0 fully saturated rings. The third-order valence-corrected chi connectivity index (χ3v) is 28.1. The van der Waals surface area contributed by atoms with Crippen LogP contribution in [0.2, 0.25) is 0 Å². The average molecular weight is 1840 g/mol. The Balaban J connectivity index is 0.000000116. The summed E-state index contributed by atoms with van der Waals surface area (Å²) in [5.74, 6) is -1.91. The van der Waals surface area contributed by atoms with E-state index in [1.54, 1.807) is 18.2 Å². The van der Waals surface area contributed by atoms with Crippen LogP contribution in [-0.4, -0.2) is 49.1 Å². The highest BCUT2D eigenvalue weighted by Crippen LogP contribution is 2.47. The molecule has 26 rings (SSSR count). The quantitative estimate of drug-likeness (QED) is 0.0998. The van der Waals surface area contributed by atoms with Crippen molar-refractivity contribution < 1.29 is 28.8 Å². The molecule has 0 saturated heterocycles. The number of carbonyl (C=O) groups is 6. The van der Waals surface area contributed by atoms with Crippen molar-refractivity contribution in [3.63, 3.8) is 0 Å². The number of anilines is 3. The Morgan fingerprint density at radius 1 is 0.147 bits per heavy atom. The smallest absolute Gasteiger partial charge is 0.268 e. The molecule has 143 heavy (non-hydrogen) atoms. The topological polar surface area (TPSA) is 127 Å². The number of carbonyl (C=O) groups excluding carboxylic acids is 6. The zero-order chi connectivity index (χ0) is 96.9. The normalized spacial score (nSPS) is 12.7. The number of para-hydroxylation sites is 1. The van der Waals surface area contributed by atoms with Crippen LogP contribution in [0.25, 0.3) is 171 Å². The molecule has 0 radical (unpaired) electrons. The Labute approximate surface area is 826 Å². The van der Waals surface area contributed by atoms with E-state index in [4.69, 9.17) is 0 Å². The summed E-state index contributed by atoms with van der Waals surface area (Å²) in [6.07, 6.45) is 0. The molecule has 6 amide bonds. The summed E-state index contributed by atoms with van der Waals surface area (Å²) in [7, 11) is 0. The number of imide groups is 3. The van der Waals surface area contributed by atoms with Gasteiger partial charge in [-0.3, -0.25) is 28.8 Å². The lowest BCUT2D eigenvalue weighted by Gasteiger charge is -2.16. The van der Waals surface area contributed by atoms with Gasteiger partial charge in [-0.15, -0.1) is 0 Å². The number of aryl methyl sites for hydroxylation is 5. The minimum absolute atomic E-state index is 0.309. The van der Waals surface area contributed by atoms with Crippen LogP contribution in [0.3, 0.4) is 0 Å². The number of hydrogen-bond acceptors (Lipinski definition) is 6. The van der Waals surface area contributed by atoms with Crippen molar-refractivity contribution in [2.24, 2.45) is 0 Å². The third-order valence-electron chi connectivity index (χ3n) is 28.1. The molecule has 680 valence electrons. The van der Waals surface area contributed by atoms with Gasteiger partial charge in [0.25, 0.3) is 35.4 Å². The van der Waals surface area contributed by atoms with Crippen molar-refractivity contribution in [1.82, 2.24) is 13.7 Å². The Morgan fingerprint density at radius 2 is 0.364 bits per heavy atom. The van der Waals surface area contributed by atoms with Crippen molar-refractivity contribution in [2.75, 3.05) is 14.7 Å². The van der Waals surface area contributed by atoms with Crippen LogP contribution in [0, 0.1) is 34.6 Å². The summed E-state index contributed by atoms with van der Waals surface area (Å²) in [6, 6.07) is 153. The van der Waals surface area contributed by atoms with Crippen molar-refractivity contribution in [2.45, 2.75) is 34.6 Å². The molecule has 20 aromatic carbocycles. The number of amides is 6. The zero-order valence-electron chi connectivity index (χ0n) is 78.9. The van der Waals surface area contributed by atoms with Gasteiger partial charge in [0, 0.05) is 32.3 Å². The second-order valence-corrected chi connectivity index (χ2v) is 37.2. The number of fused-ring (bicyclic) bond motifs is 12. The maximum absolute atomic E-state index is 14.5. The fourth-order valence-electron chi connectivity index (χ4n) is 21.2. The summed E-state index contributed by atoms with van der Waals surface area (Å²) >= 11 is 0. The van der Waals surface area contributed by atoms with Crippen LogP contribution in [-0.2, 0) is 0 Å². The summed E-state index contributed by atoms with van der Waals surface area (Å²) in [5, 5.41) is 6.50. The van der Waals surface area contributed by atoms with Gasteiger partial charge >= 0.3 is 0 Å². The molecule has 23 aromatic rings. The van der Waals surface area contributed by atoms with Crippen molar-refractivity contribution >= 4 is 118 Å². The summed E-state index contributed by atoms with van der Waals surface area (Å²) in [6.45, 7) is 10.5. The molecule has 0 saturated carbocycles. The van der Waals surface area contributed by atoms with Gasteiger partial charge in [0.2, 0.25) is 0 Å². The van der Waals surface area contributed by atoms with Gasteiger partial charge in [-0.25, -0.2) is 14.7 Å². The molecule has 0 bridgehead atoms. The first-order valence-corrected chi connectivity index (χ1v) is 48.1. The third kappa shape index (κ3) is 15.4. The second kappa shape index (κ2) is 35.7. The lowest BCUT2D eigenvalue weighted by molar-refractivity contribution is 0.0910. The average Bonchev–Trinajstić information content (AvgIpc) is 1.57. The number of benzene rings is 20. The van der Waals surface area contributed by atoms with E-state index in [1.165, 1.54) is 42.5 Å². The van der Waals surface area contributed by atoms with Crippen LogP contribution in [0.1, 0.15) is 90.0 Å². The molecule has 0 spiro atoms. The first-order valence-electron chi connectivity index (χ1n) is 48.1. The van der Waals surface area contributed by atoms with Gasteiger partial charge in [0.05, 0.1) is 101 Å². The lowest BCUT2D eigenvalue weighted by Crippen LogP contribution is -2.29. The number of hydrogen-bond donors (Lipinski definition) is 0. The molecule has 0 atom stereocenters. The minimum atomic E-state index is -0.326. The fraction of sp³-hybridized carbons (Fsp3) is 0.0382. The van der Waals surface area contributed by atoms with E-state index in [-0.39, 0.29) is 35.4 Å². The second-order valence-electron chi connectivity index (χ2n) is 37.2. The van der Waals surface area contributed by atoms with E-state index >= 15 is 0 Å². The van der Waals surface area contributed by atoms with Crippen molar-refractivity contribution in [1.29, 1.82) is 0 Å². The molecular formula is C131H90N6O6. The van der Waals surface area contributed by atoms with Crippen LogP contribution in [0.4, 0.5) is 17.1 Å². The molecule has 0 N–H and O–H groups in total. The van der Waals surface area contributed by atoms with Gasteiger partial charge in [-0.1, -0.05) is 355 Å². The summed E-state index contributed by atoms with van der Waals surface area (Å²) < 4.78 is 6.45. The molecular weight excluding hydrogens is 1750 g/mol. The predicted octanol–water partition coefficient (Wildman–Crippen LogP) is 31.6. The predicted molar refractivity (Wildman–Crippen MR) is 582 cm³/mol. The molecule has 0 unspecified atom stereocenters. The summed E-state index contributed by atoms with van der Waals surface area (Å²) in [4.78, 5) is 88.7. The highest BCUT2D eigenvalue weighted by molar-refractivity contribution is 6.38. The van der Waals surface area contributed by atoms with Gasteiger partial charge < -0.3 is 13.7 Å². The van der Waals surface area contributed by atoms with Gasteiger partial charge in [0.1, 0.15) is 0 Å². The Bertz CT molecular complexity index is 9000. The maximum atomic E-state index is 14.5. The number of rotatable bonds is 14. The number of aromatic nitrogens is 3. The molecule has 3 aromatic heterocycles. The largest absolute Gasteiger partial charge is 0.308 e. The molecule has 3 aliphatic heterocycles. The van der Waals surface area contributed by atoms with Gasteiger partial charge in [0.15, 0.2) is 0 Å². The lowest BCUT2D eigenvalue weighted by atomic mass is 9.99. The zero-order valence-corrected chi connectivity index (χ0v) is 78.9. The maximum Gasteiger partial charge on any atom is 0.268 e. The monoisotopic (exact) mass is 1840 g/mol.